The van der Waals surface area contributed by atoms with Gasteiger partial charge in [-0.25, -0.2) is 4.68 Å². The highest BCUT2D eigenvalue weighted by Gasteiger charge is 2.31. The molecule has 0 saturated carbocycles. The standard InChI is InChI=1S/C19H21N3O4/c1-12-16(18(24)22(21(12)2)13-8-4-3-5-9-13)20-17(23)14-10-6-7-11-15(14)19(25)26/h3-9,14-15H,10-11H2,1-2H3,(H,20,23)(H,25,26)/p-1/t14-,15-/m0/s1. The molecule has 1 heterocycles. The van der Waals surface area contributed by atoms with E-state index < -0.39 is 23.7 Å². The SMILES string of the molecule is Cc1c(NC(=O)[C@H]2CC=CC[C@@H]2C(=O)[O-])c(=O)n(-c2ccccc2)n1C. The molecule has 26 heavy (non-hydrogen) atoms. The summed E-state index contributed by atoms with van der Waals surface area (Å²) in [6.45, 7) is 1.73. The van der Waals surface area contributed by atoms with Gasteiger partial charge in [0, 0.05) is 18.9 Å². The number of hydrogen-bond acceptors (Lipinski definition) is 4. The van der Waals surface area contributed by atoms with E-state index in [4.69, 9.17) is 0 Å². The van der Waals surface area contributed by atoms with E-state index in [0.717, 1.165) is 0 Å². The van der Waals surface area contributed by atoms with Gasteiger partial charge in [-0.3, -0.25) is 14.3 Å². The van der Waals surface area contributed by atoms with Crippen molar-refractivity contribution in [1.29, 1.82) is 0 Å². The van der Waals surface area contributed by atoms with Gasteiger partial charge in [-0.15, -0.1) is 0 Å². The second-order valence-corrected chi connectivity index (χ2v) is 6.40. The molecule has 1 aromatic heterocycles. The quantitative estimate of drug-likeness (QED) is 0.820. The Hall–Kier alpha value is -3.09. The first kappa shape index (κ1) is 17.7. The average Bonchev–Trinajstić information content (AvgIpc) is 2.85. The number of rotatable bonds is 4. The number of amides is 1. The van der Waals surface area contributed by atoms with E-state index in [1.165, 1.54) is 4.68 Å². The molecule has 1 amide bonds. The number of carboxylic acids is 1. The van der Waals surface area contributed by atoms with Crippen molar-refractivity contribution >= 4 is 17.6 Å². The number of anilines is 1. The van der Waals surface area contributed by atoms with E-state index in [-0.39, 0.29) is 17.7 Å². The van der Waals surface area contributed by atoms with E-state index in [1.807, 2.05) is 18.2 Å². The van der Waals surface area contributed by atoms with Crippen LogP contribution in [0.3, 0.4) is 0 Å². The maximum Gasteiger partial charge on any atom is 0.295 e. The fourth-order valence-corrected chi connectivity index (χ4v) is 3.29. The third-order valence-electron chi connectivity index (χ3n) is 4.87. The average molecular weight is 354 g/mol. The molecule has 2 atom stereocenters. The topological polar surface area (TPSA) is 96.2 Å². The monoisotopic (exact) mass is 354 g/mol. The minimum atomic E-state index is -1.25. The predicted octanol–water partition coefficient (Wildman–Crippen LogP) is 0.755. The first-order chi connectivity index (χ1) is 12.4. The van der Waals surface area contributed by atoms with Crippen LogP contribution in [0.4, 0.5) is 5.69 Å². The zero-order valence-corrected chi connectivity index (χ0v) is 14.6. The zero-order valence-electron chi connectivity index (χ0n) is 14.6. The second kappa shape index (κ2) is 7.03. The lowest BCUT2D eigenvalue weighted by molar-refractivity contribution is -0.313. The molecule has 0 saturated heterocycles. The molecule has 1 aliphatic rings. The molecule has 0 radical (unpaired) electrons. The van der Waals surface area contributed by atoms with Crippen molar-refractivity contribution < 1.29 is 14.7 Å². The van der Waals surface area contributed by atoms with Crippen molar-refractivity contribution in [3.8, 4) is 5.69 Å². The van der Waals surface area contributed by atoms with Crippen molar-refractivity contribution in [1.82, 2.24) is 9.36 Å². The molecule has 0 unspecified atom stereocenters. The fourth-order valence-electron chi connectivity index (χ4n) is 3.29. The number of carbonyl (C=O) groups excluding carboxylic acids is 2. The molecule has 0 fully saturated rings. The van der Waals surface area contributed by atoms with Gasteiger partial charge in [0.25, 0.3) is 5.56 Å². The first-order valence-electron chi connectivity index (χ1n) is 8.42. The molecule has 2 aromatic rings. The number of hydrogen-bond donors (Lipinski definition) is 1. The molecule has 7 heteroatoms. The predicted molar refractivity (Wildman–Crippen MR) is 94.7 cm³/mol. The van der Waals surface area contributed by atoms with Crippen LogP contribution < -0.4 is 16.0 Å². The van der Waals surface area contributed by atoms with Gasteiger partial charge in [0.15, 0.2) is 0 Å². The number of allylic oxidation sites excluding steroid dienone is 2. The van der Waals surface area contributed by atoms with Crippen molar-refractivity contribution in [2.45, 2.75) is 19.8 Å². The number of benzene rings is 1. The van der Waals surface area contributed by atoms with Crippen LogP contribution in [0.1, 0.15) is 18.5 Å². The zero-order chi connectivity index (χ0) is 18.8. The summed E-state index contributed by atoms with van der Waals surface area (Å²) < 4.78 is 3.12. The summed E-state index contributed by atoms with van der Waals surface area (Å²) in [5.74, 6) is -3.37. The Morgan fingerprint density at radius 1 is 1.12 bits per heavy atom. The van der Waals surface area contributed by atoms with Gasteiger partial charge in [0.2, 0.25) is 5.91 Å². The number of carbonyl (C=O) groups is 2. The summed E-state index contributed by atoms with van der Waals surface area (Å²) in [4.78, 5) is 36.8. The van der Waals surface area contributed by atoms with Crippen molar-refractivity contribution in [2.75, 3.05) is 5.32 Å². The Kier molecular flexibility index (Phi) is 4.79. The number of para-hydroxylation sites is 1. The largest absolute Gasteiger partial charge is 0.550 e. The highest BCUT2D eigenvalue weighted by atomic mass is 16.4. The molecule has 1 aromatic carbocycles. The molecule has 3 rings (SSSR count). The lowest BCUT2D eigenvalue weighted by Gasteiger charge is -2.28. The van der Waals surface area contributed by atoms with Gasteiger partial charge < -0.3 is 15.2 Å². The van der Waals surface area contributed by atoms with Crippen LogP contribution >= 0.6 is 0 Å². The van der Waals surface area contributed by atoms with Crippen LogP contribution in [0.5, 0.6) is 0 Å². The molecule has 0 bridgehead atoms. The molecule has 0 aliphatic heterocycles. The van der Waals surface area contributed by atoms with Crippen LogP contribution in [0, 0.1) is 18.8 Å². The fraction of sp³-hybridized carbons (Fsp3) is 0.316. The lowest BCUT2D eigenvalue weighted by atomic mass is 9.82. The number of nitrogens with one attached hydrogen (secondary N) is 1. The van der Waals surface area contributed by atoms with Crippen molar-refractivity contribution in [3.63, 3.8) is 0 Å². The minimum Gasteiger partial charge on any atom is -0.550 e. The van der Waals surface area contributed by atoms with E-state index in [9.17, 15) is 19.5 Å². The highest BCUT2D eigenvalue weighted by molar-refractivity contribution is 5.95. The van der Waals surface area contributed by atoms with E-state index in [2.05, 4.69) is 5.32 Å². The molecule has 0 spiro atoms. The third kappa shape index (κ3) is 3.08. The Morgan fingerprint density at radius 3 is 2.35 bits per heavy atom. The normalized spacial score (nSPS) is 19.3. The van der Waals surface area contributed by atoms with Gasteiger partial charge in [0.1, 0.15) is 5.69 Å². The van der Waals surface area contributed by atoms with E-state index >= 15 is 0 Å². The number of aromatic nitrogens is 2. The highest BCUT2D eigenvalue weighted by Crippen LogP contribution is 2.27. The Bertz CT molecular complexity index is 924. The van der Waals surface area contributed by atoms with Gasteiger partial charge >= 0.3 is 0 Å². The number of aliphatic carboxylic acids is 1. The van der Waals surface area contributed by atoms with E-state index in [1.54, 1.807) is 42.9 Å². The summed E-state index contributed by atoms with van der Waals surface area (Å²) in [5, 5.41) is 13.9. The van der Waals surface area contributed by atoms with Crippen molar-refractivity contribution in [2.24, 2.45) is 18.9 Å². The Morgan fingerprint density at radius 2 is 1.73 bits per heavy atom. The molecule has 136 valence electrons. The molecular formula is C19H20N3O4-. The molecule has 7 nitrogen and oxygen atoms in total. The smallest absolute Gasteiger partial charge is 0.295 e. The summed E-state index contributed by atoms with van der Waals surface area (Å²) in [5.41, 5.74) is 1.06. The van der Waals surface area contributed by atoms with Crippen LogP contribution in [0.25, 0.3) is 5.69 Å². The summed E-state index contributed by atoms with van der Waals surface area (Å²) in [6.07, 6.45) is 4.08. The minimum absolute atomic E-state index is 0.160. The maximum atomic E-state index is 12.8. The third-order valence-corrected chi connectivity index (χ3v) is 4.87. The van der Waals surface area contributed by atoms with Gasteiger partial charge in [-0.1, -0.05) is 30.4 Å². The van der Waals surface area contributed by atoms with Crippen LogP contribution in [-0.2, 0) is 16.6 Å². The number of nitrogens with zero attached hydrogens (tertiary/aromatic N) is 2. The van der Waals surface area contributed by atoms with Crippen LogP contribution in [0.2, 0.25) is 0 Å². The van der Waals surface area contributed by atoms with E-state index in [0.29, 0.717) is 17.8 Å². The van der Waals surface area contributed by atoms with Crippen LogP contribution in [0.15, 0.2) is 47.3 Å². The van der Waals surface area contributed by atoms with Crippen molar-refractivity contribution in [3.05, 3.63) is 58.5 Å². The Balaban J connectivity index is 1.94. The summed E-state index contributed by atoms with van der Waals surface area (Å²) in [7, 11) is 1.73. The lowest BCUT2D eigenvalue weighted by Crippen LogP contribution is -2.42. The number of carboxylic acid groups (broad SMARTS) is 1. The first-order valence-corrected chi connectivity index (χ1v) is 8.42. The maximum absolute atomic E-state index is 12.8. The summed E-state index contributed by atoms with van der Waals surface area (Å²) >= 11 is 0. The summed E-state index contributed by atoms with van der Waals surface area (Å²) in [6, 6.07) is 9.08. The van der Waals surface area contributed by atoms with Crippen LogP contribution in [-0.4, -0.2) is 21.2 Å². The molecule has 1 aliphatic carbocycles. The molecular weight excluding hydrogens is 334 g/mol. The van der Waals surface area contributed by atoms with Gasteiger partial charge in [-0.05, 0) is 31.9 Å². The van der Waals surface area contributed by atoms with Gasteiger partial charge in [0.05, 0.1) is 17.3 Å². The second-order valence-electron chi connectivity index (χ2n) is 6.40. The van der Waals surface area contributed by atoms with Gasteiger partial charge in [-0.2, -0.15) is 0 Å². The Labute approximate surface area is 150 Å². The molecule has 1 N–H and O–H groups in total.